The molecule has 0 aliphatic carbocycles. The Kier molecular flexibility index (Phi) is 6.26. The number of hydrogen-bond donors (Lipinski definition) is 2. The lowest BCUT2D eigenvalue weighted by molar-refractivity contribution is 0.0996. The van der Waals surface area contributed by atoms with Crippen LogP contribution in [-0.2, 0) is 0 Å². The maximum absolute atomic E-state index is 13.1. The summed E-state index contributed by atoms with van der Waals surface area (Å²) in [5.74, 6) is 0.164. The smallest absolute Gasteiger partial charge is 0.292 e. The number of aromatic nitrogens is 2. The Bertz CT molecular complexity index is 1270. The number of ether oxygens (including phenoxy) is 1. The molecule has 0 saturated heterocycles. The maximum Gasteiger partial charge on any atom is 0.292 e. The van der Waals surface area contributed by atoms with E-state index in [2.05, 4.69) is 15.7 Å². The van der Waals surface area contributed by atoms with Crippen LogP contribution in [0.3, 0.4) is 0 Å². The molecule has 0 aliphatic heterocycles. The van der Waals surface area contributed by atoms with Crippen LogP contribution in [0.4, 0.5) is 11.5 Å². The van der Waals surface area contributed by atoms with Gasteiger partial charge in [0, 0.05) is 5.69 Å². The van der Waals surface area contributed by atoms with Crippen molar-refractivity contribution in [3.05, 3.63) is 89.5 Å². The molecule has 0 saturated carbocycles. The summed E-state index contributed by atoms with van der Waals surface area (Å²) in [6, 6.07) is 16.0. The summed E-state index contributed by atoms with van der Waals surface area (Å²) in [5.41, 5.74) is 3.70. The highest BCUT2D eigenvalue weighted by Crippen LogP contribution is 2.25. The molecule has 33 heavy (non-hydrogen) atoms. The molecule has 4 rings (SSSR count). The van der Waals surface area contributed by atoms with E-state index in [1.54, 1.807) is 36.4 Å². The van der Waals surface area contributed by atoms with E-state index in [1.807, 2.05) is 39.0 Å². The first-order chi connectivity index (χ1) is 16.0. The SMILES string of the molecule is CCOc1ccc(-n2ncc(C(=O)Nc3ccc(C)c(C)c3)c2NC(=O)c2ccco2)cc1. The fraction of sp³-hybridized carbons (Fsp3) is 0.160. The molecule has 0 fully saturated rings. The molecule has 0 atom stereocenters. The molecule has 168 valence electrons. The zero-order valence-electron chi connectivity index (χ0n) is 18.6. The Labute approximate surface area is 191 Å². The number of nitrogens with one attached hydrogen (secondary N) is 2. The fourth-order valence-electron chi connectivity index (χ4n) is 3.28. The number of nitrogens with zero attached hydrogens (tertiary/aromatic N) is 2. The van der Waals surface area contributed by atoms with Gasteiger partial charge in [0.2, 0.25) is 0 Å². The zero-order valence-corrected chi connectivity index (χ0v) is 18.6. The lowest BCUT2D eigenvalue weighted by Crippen LogP contribution is -2.19. The molecular weight excluding hydrogens is 420 g/mol. The van der Waals surface area contributed by atoms with Gasteiger partial charge >= 0.3 is 0 Å². The van der Waals surface area contributed by atoms with Crippen molar-refractivity contribution in [1.82, 2.24) is 9.78 Å². The first-order valence-corrected chi connectivity index (χ1v) is 10.5. The molecular formula is C25H24N4O4. The molecule has 8 nitrogen and oxygen atoms in total. The van der Waals surface area contributed by atoms with Crippen molar-refractivity contribution in [2.45, 2.75) is 20.8 Å². The van der Waals surface area contributed by atoms with Gasteiger partial charge in [-0.25, -0.2) is 4.68 Å². The summed E-state index contributed by atoms with van der Waals surface area (Å²) < 4.78 is 12.2. The molecule has 0 bridgehead atoms. The van der Waals surface area contributed by atoms with Crippen molar-refractivity contribution in [1.29, 1.82) is 0 Å². The Balaban J connectivity index is 1.68. The van der Waals surface area contributed by atoms with Gasteiger partial charge < -0.3 is 19.8 Å². The molecule has 0 unspecified atom stereocenters. The highest BCUT2D eigenvalue weighted by molar-refractivity contribution is 6.11. The number of aryl methyl sites for hydroxylation is 2. The molecule has 2 heterocycles. The van der Waals surface area contributed by atoms with Crippen LogP contribution in [0.1, 0.15) is 39.0 Å². The van der Waals surface area contributed by atoms with Gasteiger partial charge in [-0.3, -0.25) is 9.59 Å². The number of rotatable bonds is 7. The van der Waals surface area contributed by atoms with Crippen LogP contribution >= 0.6 is 0 Å². The van der Waals surface area contributed by atoms with Gasteiger partial charge in [-0.1, -0.05) is 6.07 Å². The standard InChI is InChI=1S/C25H24N4O4/c1-4-32-20-11-9-19(10-12-20)29-23(28-25(31)22-6-5-13-33-22)21(15-26-29)24(30)27-18-8-7-16(2)17(3)14-18/h5-15H,4H2,1-3H3,(H,27,30)(H,28,31). The molecule has 0 radical (unpaired) electrons. The predicted molar refractivity (Wildman–Crippen MR) is 125 cm³/mol. The molecule has 4 aromatic rings. The zero-order chi connectivity index (χ0) is 23.4. The maximum atomic E-state index is 13.1. The van der Waals surface area contributed by atoms with Crippen LogP contribution in [-0.4, -0.2) is 28.2 Å². The number of carbonyl (C=O) groups is 2. The minimum Gasteiger partial charge on any atom is -0.494 e. The lowest BCUT2D eigenvalue weighted by atomic mass is 10.1. The van der Waals surface area contributed by atoms with Crippen LogP contribution in [0.15, 0.2) is 71.5 Å². The first kappa shape index (κ1) is 21.9. The van der Waals surface area contributed by atoms with E-state index in [-0.39, 0.29) is 17.1 Å². The van der Waals surface area contributed by atoms with Gasteiger partial charge in [-0.05, 0) is 80.4 Å². The van der Waals surface area contributed by atoms with E-state index in [1.165, 1.54) is 17.1 Å². The third-order valence-electron chi connectivity index (χ3n) is 5.15. The summed E-state index contributed by atoms with van der Waals surface area (Å²) in [4.78, 5) is 25.8. The third-order valence-corrected chi connectivity index (χ3v) is 5.15. The number of furan rings is 1. The number of benzene rings is 2. The van der Waals surface area contributed by atoms with Crippen molar-refractivity contribution >= 4 is 23.3 Å². The predicted octanol–water partition coefficient (Wildman–Crippen LogP) is 4.99. The van der Waals surface area contributed by atoms with Crippen molar-refractivity contribution in [3.8, 4) is 11.4 Å². The number of hydrogen-bond acceptors (Lipinski definition) is 5. The van der Waals surface area contributed by atoms with Crippen LogP contribution < -0.4 is 15.4 Å². The average Bonchev–Trinajstić information content (AvgIpc) is 3.48. The largest absolute Gasteiger partial charge is 0.494 e. The minimum atomic E-state index is -0.493. The van der Waals surface area contributed by atoms with Gasteiger partial charge in [0.15, 0.2) is 5.76 Å². The number of amides is 2. The number of carbonyl (C=O) groups excluding carboxylic acids is 2. The highest BCUT2D eigenvalue weighted by Gasteiger charge is 2.22. The molecule has 2 aromatic carbocycles. The normalized spacial score (nSPS) is 10.6. The van der Waals surface area contributed by atoms with Crippen LogP contribution in [0.5, 0.6) is 5.75 Å². The van der Waals surface area contributed by atoms with E-state index in [0.717, 1.165) is 11.1 Å². The Hall–Kier alpha value is -4.33. The van der Waals surface area contributed by atoms with Gasteiger partial charge in [0.05, 0.1) is 24.8 Å². The molecule has 0 spiro atoms. The van der Waals surface area contributed by atoms with E-state index in [4.69, 9.17) is 9.15 Å². The van der Waals surface area contributed by atoms with Crippen LogP contribution in [0, 0.1) is 13.8 Å². The van der Waals surface area contributed by atoms with Crippen LogP contribution in [0.2, 0.25) is 0 Å². The topological polar surface area (TPSA) is 98.4 Å². The second-order valence-corrected chi connectivity index (χ2v) is 7.43. The van der Waals surface area contributed by atoms with E-state index in [0.29, 0.717) is 23.7 Å². The molecule has 2 aromatic heterocycles. The minimum absolute atomic E-state index is 0.120. The fourth-order valence-corrected chi connectivity index (χ4v) is 3.28. The summed E-state index contributed by atoms with van der Waals surface area (Å²) >= 11 is 0. The Morgan fingerprint density at radius 3 is 2.45 bits per heavy atom. The quantitative estimate of drug-likeness (QED) is 0.419. The van der Waals surface area contributed by atoms with Crippen molar-refractivity contribution in [2.75, 3.05) is 17.2 Å². The monoisotopic (exact) mass is 444 g/mol. The highest BCUT2D eigenvalue weighted by atomic mass is 16.5. The van der Waals surface area contributed by atoms with E-state index >= 15 is 0 Å². The van der Waals surface area contributed by atoms with Gasteiger partial charge in [0.1, 0.15) is 17.1 Å². The average molecular weight is 444 g/mol. The van der Waals surface area contributed by atoms with Gasteiger partial charge in [-0.15, -0.1) is 0 Å². The molecule has 0 aliphatic rings. The van der Waals surface area contributed by atoms with Crippen molar-refractivity contribution < 1.29 is 18.7 Å². The lowest BCUT2D eigenvalue weighted by Gasteiger charge is -2.12. The van der Waals surface area contributed by atoms with Crippen LogP contribution in [0.25, 0.3) is 5.69 Å². The van der Waals surface area contributed by atoms with Gasteiger partial charge in [-0.2, -0.15) is 5.10 Å². The van der Waals surface area contributed by atoms with Crippen molar-refractivity contribution in [2.24, 2.45) is 0 Å². The summed E-state index contributed by atoms with van der Waals surface area (Å²) in [5, 5.41) is 10.0. The van der Waals surface area contributed by atoms with Gasteiger partial charge in [0.25, 0.3) is 11.8 Å². The molecule has 8 heteroatoms. The summed E-state index contributed by atoms with van der Waals surface area (Å²) in [6.45, 7) is 6.44. The summed E-state index contributed by atoms with van der Waals surface area (Å²) in [6.07, 6.45) is 2.83. The third kappa shape index (κ3) is 4.79. The van der Waals surface area contributed by atoms with E-state index in [9.17, 15) is 9.59 Å². The number of anilines is 2. The summed E-state index contributed by atoms with van der Waals surface area (Å²) in [7, 11) is 0. The Morgan fingerprint density at radius 1 is 1.00 bits per heavy atom. The second kappa shape index (κ2) is 9.44. The van der Waals surface area contributed by atoms with E-state index < -0.39 is 11.8 Å². The van der Waals surface area contributed by atoms with Crippen molar-refractivity contribution in [3.63, 3.8) is 0 Å². The first-order valence-electron chi connectivity index (χ1n) is 10.5. The molecule has 2 amide bonds. The second-order valence-electron chi connectivity index (χ2n) is 7.43. The molecule has 2 N–H and O–H groups in total. The Morgan fingerprint density at radius 2 is 1.79 bits per heavy atom.